The quantitative estimate of drug-likeness (QED) is 0.619. The largest absolute Gasteiger partial charge is 0.484 e. The Kier molecular flexibility index (Phi) is 6.95. The lowest BCUT2D eigenvalue weighted by Gasteiger charge is -2.07. The van der Waals surface area contributed by atoms with Gasteiger partial charge in [-0.2, -0.15) is 5.26 Å². The Hall–Kier alpha value is -3.59. The van der Waals surface area contributed by atoms with Crippen molar-refractivity contribution in [2.24, 2.45) is 0 Å². The first-order chi connectivity index (χ1) is 12.6. The van der Waals surface area contributed by atoms with Crippen LogP contribution in [0.2, 0.25) is 0 Å². The van der Waals surface area contributed by atoms with Gasteiger partial charge in [-0.1, -0.05) is 31.2 Å². The number of hydrazine groups is 1. The van der Waals surface area contributed by atoms with Crippen LogP contribution in [-0.4, -0.2) is 18.4 Å². The van der Waals surface area contributed by atoms with E-state index in [1.54, 1.807) is 30.3 Å². The molecule has 0 bridgehead atoms. The van der Waals surface area contributed by atoms with Gasteiger partial charge >= 0.3 is 0 Å². The predicted octanol–water partition coefficient (Wildman–Crippen LogP) is 2.36. The van der Waals surface area contributed by atoms with Gasteiger partial charge in [0.15, 0.2) is 6.61 Å². The van der Waals surface area contributed by atoms with Gasteiger partial charge in [0.05, 0.1) is 11.6 Å². The Morgan fingerprint density at radius 1 is 1.08 bits per heavy atom. The highest BCUT2D eigenvalue weighted by Gasteiger charge is 2.04. The summed E-state index contributed by atoms with van der Waals surface area (Å²) in [6.07, 6.45) is 3.96. The van der Waals surface area contributed by atoms with Crippen molar-refractivity contribution in [1.29, 1.82) is 5.26 Å². The molecule has 2 rings (SSSR count). The standard InChI is InChI=1S/C20H19N3O3/c1-2-15-3-5-16(6-4-15)9-12-19(24)22-23-20(25)14-26-18-10-7-17(13-21)8-11-18/h3-12H,2,14H2,1H3,(H,22,24)(H,23,25)/b12-9+. The Balaban J connectivity index is 1.72. The summed E-state index contributed by atoms with van der Waals surface area (Å²) in [5.74, 6) is -0.486. The van der Waals surface area contributed by atoms with Gasteiger partial charge in [-0.3, -0.25) is 20.4 Å². The number of nitrogens with zero attached hydrogens (tertiary/aromatic N) is 1. The molecule has 2 amide bonds. The molecule has 0 unspecified atom stereocenters. The number of carbonyl (C=O) groups is 2. The highest BCUT2D eigenvalue weighted by atomic mass is 16.5. The van der Waals surface area contributed by atoms with Gasteiger partial charge in [-0.25, -0.2) is 0 Å². The number of nitrogens with one attached hydrogen (secondary N) is 2. The number of carbonyl (C=O) groups excluding carboxylic acids is 2. The Labute approximate surface area is 152 Å². The highest BCUT2D eigenvalue weighted by molar-refractivity contribution is 5.93. The molecule has 0 saturated heterocycles. The zero-order chi connectivity index (χ0) is 18.8. The van der Waals surface area contributed by atoms with E-state index in [1.165, 1.54) is 11.6 Å². The van der Waals surface area contributed by atoms with Crippen LogP contribution in [0.1, 0.15) is 23.6 Å². The second-order valence-electron chi connectivity index (χ2n) is 5.39. The number of hydrogen-bond acceptors (Lipinski definition) is 4. The summed E-state index contributed by atoms with van der Waals surface area (Å²) < 4.78 is 5.26. The molecule has 0 aromatic heterocycles. The molecule has 0 radical (unpaired) electrons. The van der Waals surface area contributed by atoms with Crippen LogP contribution in [0.5, 0.6) is 5.75 Å². The Bertz CT molecular complexity index is 819. The van der Waals surface area contributed by atoms with E-state index >= 15 is 0 Å². The number of ether oxygens (including phenoxy) is 1. The molecule has 2 aromatic rings. The third-order valence-corrected chi connectivity index (χ3v) is 3.49. The third kappa shape index (κ3) is 6.13. The van der Waals surface area contributed by atoms with Gasteiger partial charge in [-0.05, 0) is 47.9 Å². The van der Waals surface area contributed by atoms with Crippen molar-refractivity contribution in [3.8, 4) is 11.8 Å². The smallest absolute Gasteiger partial charge is 0.276 e. The van der Waals surface area contributed by atoms with E-state index < -0.39 is 11.8 Å². The molecule has 0 fully saturated rings. The molecule has 0 aliphatic rings. The molecular weight excluding hydrogens is 330 g/mol. The number of amides is 2. The lowest BCUT2D eigenvalue weighted by molar-refractivity contribution is -0.128. The molecule has 2 N–H and O–H groups in total. The minimum absolute atomic E-state index is 0.256. The molecule has 0 spiro atoms. The molecule has 6 heteroatoms. The van der Waals surface area contributed by atoms with Crippen molar-refractivity contribution in [2.45, 2.75) is 13.3 Å². The molecule has 6 nitrogen and oxygen atoms in total. The van der Waals surface area contributed by atoms with E-state index in [2.05, 4.69) is 17.8 Å². The van der Waals surface area contributed by atoms with Gasteiger partial charge < -0.3 is 4.74 Å². The minimum atomic E-state index is -0.497. The molecule has 0 aliphatic heterocycles. The minimum Gasteiger partial charge on any atom is -0.484 e. The summed E-state index contributed by atoms with van der Waals surface area (Å²) in [4.78, 5) is 23.4. The lowest BCUT2D eigenvalue weighted by Crippen LogP contribution is -2.43. The zero-order valence-electron chi connectivity index (χ0n) is 14.4. The van der Waals surface area contributed by atoms with Crippen molar-refractivity contribution >= 4 is 17.9 Å². The summed E-state index contributed by atoms with van der Waals surface area (Å²) in [6, 6.07) is 16.2. The summed E-state index contributed by atoms with van der Waals surface area (Å²) >= 11 is 0. The van der Waals surface area contributed by atoms with E-state index in [0.29, 0.717) is 11.3 Å². The van der Waals surface area contributed by atoms with Gasteiger partial charge in [-0.15, -0.1) is 0 Å². The Morgan fingerprint density at radius 2 is 1.77 bits per heavy atom. The van der Waals surface area contributed by atoms with Crippen LogP contribution in [0.15, 0.2) is 54.6 Å². The van der Waals surface area contributed by atoms with Crippen LogP contribution in [0.4, 0.5) is 0 Å². The number of benzene rings is 2. The maximum atomic E-state index is 11.7. The molecule has 0 saturated carbocycles. The monoisotopic (exact) mass is 349 g/mol. The first-order valence-electron chi connectivity index (χ1n) is 8.09. The van der Waals surface area contributed by atoms with Crippen LogP contribution < -0.4 is 15.6 Å². The Morgan fingerprint density at radius 3 is 2.38 bits per heavy atom. The molecule has 132 valence electrons. The normalized spacial score (nSPS) is 10.2. The third-order valence-electron chi connectivity index (χ3n) is 3.49. The van der Waals surface area contributed by atoms with Crippen molar-refractivity contribution < 1.29 is 14.3 Å². The van der Waals surface area contributed by atoms with E-state index in [4.69, 9.17) is 10.00 Å². The van der Waals surface area contributed by atoms with Gasteiger partial charge in [0.25, 0.3) is 11.8 Å². The fourth-order valence-electron chi connectivity index (χ4n) is 2.02. The van der Waals surface area contributed by atoms with Crippen LogP contribution in [0.3, 0.4) is 0 Å². The summed E-state index contributed by atoms with van der Waals surface area (Å²) in [5.41, 5.74) is 7.17. The van der Waals surface area contributed by atoms with E-state index in [1.807, 2.05) is 30.3 Å². The average molecular weight is 349 g/mol. The number of nitriles is 1. The molecule has 26 heavy (non-hydrogen) atoms. The number of hydrogen-bond donors (Lipinski definition) is 2. The van der Waals surface area contributed by atoms with Gasteiger partial charge in [0, 0.05) is 6.08 Å². The average Bonchev–Trinajstić information content (AvgIpc) is 2.69. The van der Waals surface area contributed by atoms with Gasteiger partial charge in [0.2, 0.25) is 0 Å². The zero-order valence-corrected chi connectivity index (χ0v) is 14.4. The van der Waals surface area contributed by atoms with E-state index in [9.17, 15) is 9.59 Å². The van der Waals surface area contributed by atoms with E-state index in [-0.39, 0.29) is 6.61 Å². The predicted molar refractivity (Wildman–Crippen MR) is 97.8 cm³/mol. The fourth-order valence-corrected chi connectivity index (χ4v) is 2.02. The summed E-state index contributed by atoms with van der Waals surface area (Å²) in [5, 5.41) is 8.71. The number of rotatable bonds is 6. The molecular formula is C20H19N3O3. The topological polar surface area (TPSA) is 91.2 Å². The van der Waals surface area contributed by atoms with Crippen LogP contribution >= 0.6 is 0 Å². The second kappa shape index (κ2) is 9.64. The first-order valence-corrected chi connectivity index (χ1v) is 8.09. The van der Waals surface area contributed by atoms with Crippen LogP contribution in [0.25, 0.3) is 6.08 Å². The van der Waals surface area contributed by atoms with Crippen LogP contribution in [0, 0.1) is 11.3 Å². The summed E-state index contributed by atoms with van der Waals surface area (Å²) in [7, 11) is 0. The molecule has 0 aliphatic carbocycles. The SMILES string of the molecule is CCc1ccc(/C=C/C(=O)NNC(=O)COc2ccc(C#N)cc2)cc1. The first kappa shape index (κ1) is 18.7. The number of aryl methyl sites for hydroxylation is 1. The second-order valence-corrected chi connectivity index (χ2v) is 5.39. The molecule has 0 atom stereocenters. The van der Waals surface area contributed by atoms with Crippen molar-refractivity contribution in [1.82, 2.24) is 10.9 Å². The highest BCUT2D eigenvalue weighted by Crippen LogP contribution is 2.11. The van der Waals surface area contributed by atoms with Gasteiger partial charge in [0.1, 0.15) is 5.75 Å². The maximum absolute atomic E-state index is 11.7. The molecule has 2 aromatic carbocycles. The van der Waals surface area contributed by atoms with Crippen molar-refractivity contribution in [3.63, 3.8) is 0 Å². The van der Waals surface area contributed by atoms with Crippen molar-refractivity contribution in [3.05, 3.63) is 71.3 Å². The van der Waals surface area contributed by atoms with Crippen molar-refractivity contribution in [2.75, 3.05) is 6.61 Å². The fraction of sp³-hybridized carbons (Fsp3) is 0.150. The molecule has 0 heterocycles. The maximum Gasteiger partial charge on any atom is 0.276 e. The summed E-state index contributed by atoms with van der Waals surface area (Å²) in [6.45, 7) is 1.82. The van der Waals surface area contributed by atoms with Crippen LogP contribution in [-0.2, 0) is 16.0 Å². The lowest BCUT2D eigenvalue weighted by atomic mass is 10.1. The van der Waals surface area contributed by atoms with E-state index in [0.717, 1.165) is 12.0 Å².